The number of hydrogen-bond acceptors (Lipinski definition) is 1. The molecule has 1 aromatic heterocycles. The molecule has 3 aromatic rings. The molecule has 1 heterocycles. The third-order valence-electron chi connectivity index (χ3n) is 3.81. The molecule has 100 valence electrons. The standard InChI is InChI=1S/C19H19N/c1-12-10-13(2)18(14(3)11-12)17-7-5-6-16-9-8-15(4)20-19(16)17/h5-11H,1-4H3. The van der Waals surface area contributed by atoms with Gasteiger partial charge in [0.25, 0.3) is 0 Å². The van der Waals surface area contributed by atoms with Crippen LogP contribution in [0.15, 0.2) is 42.5 Å². The Kier molecular flexibility index (Phi) is 3.06. The van der Waals surface area contributed by atoms with Crippen LogP contribution in [-0.2, 0) is 0 Å². The van der Waals surface area contributed by atoms with Gasteiger partial charge < -0.3 is 0 Å². The number of hydrogen-bond donors (Lipinski definition) is 0. The van der Waals surface area contributed by atoms with E-state index in [2.05, 4.69) is 63.2 Å². The van der Waals surface area contributed by atoms with E-state index >= 15 is 0 Å². The van der Waals surface area contributed by atoms with Crippen molar-refractivity contribution in [1.29, 1.82) is 0 Å². The molecule has 0 radical (unpaired) electrons. The highest BCUT2D eigenvalue weighted by Crippen LogP contribution is 2.33. The molecule has 0 bridgehead atoms. The van der Waals surface area contributed by atoms with Gasteiger partial charge in [-0.1, -0.05) is 42.0 Å². The smallest absolute Gasteiger partial charge is 0.0783 e. The van der Waals surface area contributed by atoms with E-state index in [1.807, 2.05) is 6.92 Å². The molecule has 1 heteroatoms. The van der Waals surface area contributed by atoms with Crippen LogP contribution in [0.2, 0.25) is 0 Å². The summed E-state index contributed by atoms with van der Waals surface area (Å²) < 4.78 is 0. The van der Waals surface area contributed by atoms with E-state index in [1.54, 1.807) is 0 Å². The van der Waals surface area contributed by atoms with Crippen molar-refractivity contribution in [3.8, 4) is 11.1 Å². The Morgan fingerprint density at radius 1 is 0.800 bits per heavy atom. The van der Waals surface area contributed by atoms with Crippen LogP contribution in [0.5, 0.6) is 0 Å². The first kappa shape index (κ1) is 12.9. The van der Waals surface area contributed by atoms with Gasteiger partial charge in [0.1, 0.15) is 0 Å². The average molecular weight is 261 g/mol. The van der Waals surface area contributed by atoms with E-state index in [0.717, 1.165) is 11.2 Å². The topological polar surface area (TPSA) is 12.9 Å². The Hall–Kier alpha value is -2.15. The van der Waals surface area contributed by atoms with Crippen molar-refractivity contribution in [1.82, 2.24) is 4.98 Å². The highest BCUT2D eigenvalue weighted by molar-refractivity contribution is 5.95. The lowest BCUT2D eigenvalue weighted by Crippen LogP contribution is -1.93. The zero-order valence-corrected chi connectivity index (χ0v) is 12.5. The van der Waals surface area contributed by atoms with E-state index in [-0.39, 0.29) is 0 Å². The number of pyridine rings is 1. The molecule has 0 unspecified atom stereocenters. The zero-order chi connectivity index (χ0) is 14.3. The molecule has 0 saturated carbocycles. The minimum atomic E-state index is 1.06. The normalized spacial score (nSPS) is 11.0. The third kappa shape index (κ3) is 2.09. The summed E-state index contributed by atoms with van der Waals surface area (Å²) in [5.74, 6) is 0. The lowest BCUT2D eigenvalue weighted by molar-refractivity contribution is 1.25. The number of nitrogens with zero attached hydrogens (tertiary/aromatic N) is 1. The predicted octanol–water partition coefficient (Wildman–Crippen LogP) is 5.14. The molecule has 0 amide bonds. The van der Waals surface area contributed by atoms with Gasteiger partial charge in [-0.05, 0) is 50.5 Å². The minimum Gasteiger partial charge on any atom is -0.252 e. The highest BCUT2D eigenvalue weighted by atomic mass is 14.7. The van der Waals surface area contributed by atoms with Crippen molar-refractivity contribution >= 4 is 10.9 Å². The lowest BCUT2D eigenvalue weighted by atomic mass is 9.92. The number of aromatic nitrogens is 1. The highest BCUT2D eigenvalue weighted by Gasteiger charge is 2.11. The molecule has 0 atom stereocenters. The van der Waals surface area contributed by atoms with E-state index in [9.17, 15) is 0 Å². The second kappa shape index (κ2) is 4.75. The van der Waals surface area contributed by atoms with Gasteiger partial charge in [0.2, 0.25) is 0 Å². The summed E-state index contributed by atoms with van der Waals surface area (Å²) in [5, 5.41) is 1.20. The van der Waals surface area contributed by atoms with Crippen molar-refractivity contribution in [2.75, 3.05) is 0 Å². The Bertz CT molecular complexity index is 777. The Labute approximate surface area is 120 Å². The summed E-state index contributed by atoms with van der Waals surface area (Å²) in [5.41, 5.74) is 8.67. The van der Waals surface area contributed by atoms with Crippen molar-refractivity contribution in [2.45, 2.75) is 27.7 Å². The van der Waals surface area contributed by atoms with Crippen molar-refractivity contribution in [3.05, 3.63) is 64.8 Å². The van der Waals surface area contributed by atoms with Crippen LogP contribution >= 0.6 is 0 Å². The molecule has 3 rings (SSSR count). The van der Waals surface area contributed by atoms with E-state index in [4.69, 9.17) is 4.98 Å². The maximum absolute atomic E-state index is 4.76. The molecular formula is C19H19N. The third-order valence-corrected chi connectivity index (χ3v) is 3.81. The number of para-hydroxylation sites is 1. The molecule has 2 aromatic carbocycles. The molecule has 20 heavy (non-hydrogen) atoms. The van der Waals surface area contributed by atoms with Crippen molar-refractivity contribution < 1.29 is 0 Å². The van der Waals surface area contributed by atoms with Gasteiger partial charge in [0.15, 0.2) is 0 Å². The van der Waals surface area contributed by atoms with Gasteiger partial charge in [-0.25, -0.2) is 0 Å². The lowest BCUT2D eigenvalue weighted by Gasteiger charge is -2.14. The van der Waals surface area contributed by atoms with Crippen LogP contribution in [0.3, 0.4) is 0 Å². The summed E-state index contributed by atoms with van der Waals surface area (Å²) in [7, 11) is 0. The average Bonchev–Trinajstić information content (AvgIpc) is 2.38. The molecule has 0 aliphatic heterocycles. The second-order valence-corrected chi connectivity index (χ2v) is 5.60. The Morgan fingerprint density at radius 3 is 2.20 bits per heavy atom. The second-order valence-electron chi connectivity index (χ2n) is 5.60. The first-order chi connectivity index (χ1) is 9.56. The fourth-order valence-electron chi connectivity index (χ4n) is 3.05. The summed E-state index contributed by atoms with van der Waals surface area (Å²) in [4.78, 5) is 4.76. The molecule has 0 fully saturated rings. The Morgan fingerprint density at radius 2 is 1.50 bits per heavy atom. The van der Waals surface area contributed by atoms with Crippen LogP contribution in [0.25, 0.3) is 22.0 Å². The monoisotopic (exact) mass is 261 g/mol. The van der Waals surface area contributed by atoms with Crippen LogP contribution < -0.4 is 0 Å². The van der Waals surface area contributed by atoms with Gasteiger partial charge in [-0.2, -0.15) is 0 Å². The van der Waals surface area contributed by atoms with Gasteiger partial charge in [-0.15, -0.1) is 0 Å². The van der Waals surface area contributed by atoms with Gasteiger partial charge in [-0.3, -0.25) is 4.98 Å². The van der Waals surface area contributed by atoms with Gasteiger partial charge in [0.05, 0.1) is 5.52 Å². The zero-order valence-electron chi connectivity index (χ0n) is 12.5. The minimum absolute atomic E-state index is 1.06. The predicted molar refractivity (Wildman–Crippen MR) is 86.1 cm³/mol. The Balaban J connectivity index is 2.38. The first-order valence-corrected chi connectivity index (χ1v) is 7.01. The van der Waals surface area contributed by atoms with Gasteiger partial charge >= 0.3 is 0 Å². The number of aryl methyl sites for hydroxylation is 4. The molecule has 0 N–H and O–H groups in total. The van der Waals surface area contributed by atoms with E-state index in [0.29, 0.717) is 0 Å². The van der Waals surface area contributed by atoms with E-state index < -0.39 is 0 Å². The number of benzene rings is 2. The fraction of sp³-hybridized carbons (Fsp3) is 0.211. The van der Waals surface area contributed by atoms with Gasteiger partial charge in [0, 0.05) is 16.6 Å². The summed E-state index contributed by atoms with van der Waals surface area (Å²) in [6.45, 7) is 8.56. The van der Waals surface area contributed by atoms with Crippen LogP contribution in [-0.4, -0.2) is 4.98 Å². The maximum atomic E-state index is 4.76. The summed E-state index contributed by atoms with van der Waals surface area (Å²) >= 11 is 0. The van der Waals surface area contributed by atoms with Crippen molar-refractivity contribution in [2.24, 2.45) is 0 Å². The number of fused-ring (bicyclic) bond motifs is 1. The maximum Gasteiger partial charge on any atom is 0.0783 e. The molecule has 1 nitrogen and oxygen atoms in total. The quantitative estimate of drug-likeness (QED) is 0.591. The van der Waals surface area contributed by atoms with Crippen molar-refractivity contribution in [3.63, 3.8) is 0 Å². The molecule has 0 aliphatic carbocycles. The fourth-order valence-corrected chi connectivity index (χ4v) is 3.05. The number of rotatable bonds is 1. The molecule has 0 aliphatic rings. The molecule has 0 spiro atoms. The molecule has 0 saturated heterocycles. The van der Waals surface area contributed by atoms with E-state index in [1.165, 1.54) is 33.2 Å². The summed E-state index contributed by atoms with van der Waals surface area (Å²) in [6, 6.07) is 15.1. The molecular weight excluding hydrogens is 242 g/mol. The first-order valence-electron chi connectivity index (χ1n) is 7.01. The van der Waals surface area contributed by atoms with Crippen LogP contribution in [0.4, 0.5) is 0 Å². The van der Waals surface area contributed by atoms with Crippen LogP contribution in [0.1, 0.15) is 22.4 Å². The summed E-state index contributed by atoms with van der Waals surface area (Å²) in [6.07, 6.45) is 0. The van der Waals surface area contributed by atoms with Crippen LogP contribution in [0, 0.1) is 27.7 Å². The largest absolute Gasteiger partial charge is 0.252 e. The SMILES string of the molecule is Cc1cc(C)c(-c2cccc3ccc(C)nc23)c(C)c1.